The number of nitrogens with one attached hydrogen (secondary N) is 1. The molecule has 1 aromatic rings. The standard InChI is InChI=1S/C12H19N3/c1-10-5-6-11(8-13-10)14-12-4-3-7-15(2)9-12/h5-6,8,12,14H,3-4,7,9H2,1-2H3. The van der Waals surface area contributed by atoms with Crippen molar-refractivity contribution in [2.45, 2.75) is 25.8 Å². The fourth-order valence-electron chi connectivity index (χ4n) is 2.07. The first-order valence-electron chi connectivity index (χ1n) is 5.62. The monoisotopic (exact) mass is 205 g/mol. The molecule has 2 rings (SSSR count). The normalized spacial score (nSPS) is 22.7. The number of likely N-dealkylation sites (N-methyl/N-ethyl adjacent to an activating group) is 1. The first-order valence-corrected chi connectivity index (χ1v) is 5.62. The van der Waals surface area contributed by atoms with Crippen LogP contribution in [0.15, 0.2) is 18.3 Å². The summed E-state index contributed by atoms with van der Waals surface area (Å²) in [6, 6.07) is 4.74. The summed E-state index contributed by atoms with van der Waals surface area (Å²) in [5.74, 6) is 0. The molecule has 1 aromatic heterocycles. The van der Waals surface area contributed by atoms with Gasteiger partial charge in [-0.1, -0.05) is 0 Å². The van der Waals surface area contributed by atoms with Gasteiger partial charge in [0.05, 0.1) is 11.9 Å². The Bertz CT molecular complexity index is 307. The summed E-state index contributed by atoms with van der Waals surface area (Å²) in [6.45, 7) is 4.37. The average molecular weight is 205 g/mol. The van der Waals surface area contributed by atoms with Crippen LogP contribution >= 0.6 is 0 Å². The predicted octanol–water partition coefficient (Wildman–Crippen LogP) is 1.90. The van der Waals surface area contributed by atoms with Crippen LogP contribution in [-0.2, 0) is 0 Å². The molecule has 0 bridgehead atoms. The van der Waals surface area contributed by atoms with E-state index >= 15 is 0 Å². The highest BCUT2D eigenvalue weighted by Gasteiger charge is 2.16. The minimum Gasteiger partial charge on any atom is -0.380 e. The summed E-state index contributed by atoms with van der Waals surface area (Å²) in [4.78, 5) is 6.67. The van der Waals surface area contributed by atoms with Crippen molar-refractivity contribution in [2.75, 3.05) is 25.5 Å². The second-order valence-corrected chi connectivity index (χ2v) is 4.43. The molecule has 1 atom stereocenters. The molecule has 1 fully saturated rings. The largest absolute Gasteiger partial charge is 0.380 e. The van der Waals surface area contributed by atoms with Crippen molar-refractivity contribution >= 4 is 5.69 Å². The number of likely N-dealkylation sites (tertiary alicyclic amines) is 1. The molecule has 1 aliphatic heterocycles. The summed E-state index contributed by atoms with van der Waals surface area (Å²) in [7, 11) is 2.18. The number of anilines is 1. The lowest BCUT2D eigenvalue weighted by atomic mass is 10.1. The van der Waals surface area contributed by atoms with E-state index in [2.05, 4.69) is 34.4 Å². The zero-order valence-electron chi connectivity index (χ0n) is 9.53. The number of hydrogen-bond donors (Lipinski definition) is 1. The van der Waals surface area contributed by atoms with Crippen LogP contribution in [0.5, 0.6) is 0 Å². The van der Waals surface area contributed by atoms with Crippen molar-refractivity contribution in [3.63, 3.8) is 0 Å². The number of hydrogen-bond acceptors (Lipinski definition) is 3. The van der Waals surface area contributed by atoms with Gasteiger partial charge < -0.3 is 10.2 Å². The molecule has 0 aromatic carbocycles. The molecule has 1 aliphatic rings. The molecular formula is C12H19N3. The number of pyridine rings is 1. The first kappa shape index (κ1) is 10.4. The lowest BCUT2D eigenvalue weighted by Gasteiger charge is -2.30. The highest BCUT2D eigenvalue weighted by Crippen LogP contribution is 2.14. The van der Waals surface area contributed by atoms with Crippen molar-refractivity contribution < 1.29 is 0 Å². The van der Waals surface area contributed by atoms with E-state index in [0.29, 0.717) is 6.04 Å². The Hall–Kier alpha value is -1.09. The Balaban J connectivity index is 1.93. The summed E-state index contributed by atoms with van der Waals surface area (Å²) >= 11 is 0. The van der Waals surface area contributed by atoms with Gasteiger partial charge in [0.25, 0.3) is 0 Å². The van der Waals surface area contributed by atoms with Crippen LogP contribution in [0.25, 0.3) is 0 Å². The van der Waals surface area contributed by atoms with E-state index in [1.807, 2.05) is 13.1 Å². The molecule has 0 spiro atoms. The SMILES string of the molecule is Cc1ccc(NC2CCCN(C)C2)cn1. The number of piperidine rings is 1. The Morgan fingerprint density at radius 3 is 3.00 bits per heavy atom. The molecule has 0 aliphatic carbocycles. The van der Waals surface area contributed by atoms with E-state index in [1.165, 1.54) is 19.4 Å². The predicted molar refractivity (Wildman–Crippen MR) is 63.1 cm³/mol. The molecule has 15 heavy (non-hydrogen) atoms. The second kappa shape index (κ2) is 4.62. The zero-order valence-corrected chi connectivity index (χ0v) is 9.53. The van der Waals surface area contributed by atoms with Crippen LogP contribution in [0.4, 0.5) is 5.69 Å². The van der Waals surface area contributed by atoms with Crippen LogP contribution in [0.2, 0.25) is 0 Å². The number of rotatable bonds is 2. The summed E-state index contributed by atoms with van der Waals surface area (Å²) in [6.07, 6.45) is 4.47. The van der Waals surface area contributed by atoms with Gasteiger partial charge in [0, 0.05) is 18.3 Å². The smallest absolute Gasteiger partial charge is 0.0529 e. The summed E-state index contributed by atoms with van der Waals surface area (Å²) in [5.41, 5.74) is 2.21. The van der Waals surface area contributed by atoms with Crippen molar-refractivity contribution in [3.8, 4) is 0 Å². The Kier molecular flexibility index (Phi) is 3.21. The minimum absolute atomic E-state index is 0.577. The highest BCUT2D eigenvalue weighted by atomic mass is 15.1. The lowest BCUT2D eigenvalue weighted by Crippen LogP contribution is -2.39. The molecule has 1 N–H and O–H groups in total. The van der Waals surface area contributed by atoms with Crippen molar-refractivity contribution in [1.82, 2.24) is 9.88 Å². The lowest BCUT2D eigenvalue weighted by molar-refractivity contribution is 0.261. The molecule has 1 unspecified atom stereocenters. The van der Waals surface area contributed by atoms with E-state index < -0.39 is 0 Å². The maximum absolute atomic E-state index is 4.29. The van der Waals surface area contributed by atoms with Crippen LogP contribution < -0.4 is 5.32 Å². The fraction of sp³-hybridized carbons (Fsp3) is 0.583. The molecule has 82 valence electrons. The van der Waals surface area contributed by atoms with Crippen LogP contribution in [0.3, 0.4) is 0 Å². The van der Waals surface area contributed by atoms with Gasteiger partial charge in [0.15, 0.2) is 0 Å². The number of aromatic nitrogens is 1. The molecular weight excluding hydrogens is 186 g/mol. The summed E-state index contributed by atoms with van der Waals surface area (Å²) < 4.78 is 0. The van der Waals surface area contributed by atoms with Crippen molar-refractivity contribution in [1.29, 1.82) is 0 Å². The van der Waals surface area contributed by atoms with E-state index in [1.54, 1.807) is 0 Å². The highest BCUT2D eigenvalue weighted by molar-refractivity contribution is 5.42. The molecule has 1 saturated heterocycles. The van der Waals surface area contributed by atoms with E-state index in [0.717, 1.165) is 17.9 Å². The van der Waals surface area contributed by atoms with Gasteiger partial charge in [0.1, 0.15) is 0 Å². The van der Waals surface area contributed by atoms with Gasteiger partial charge in [-0.3, -0.25) is 4.98 Å². The van der Waals surface area contributed by atoms with Gasteiger partial charge in [-0.25, -0.2) is 0 Å². The third-order valence-corrected chi connectivity index (χ3v) is 2.91. The number of aryl methyl sites for hydroxylation is 1. The Morgan fingerprint density at radius 1 is 1.47 bits per heavy atom. The van der Waals surface area contributed by atoms with E-state index in [9.17, 15) is 0 Å². The Morgan fingerprint density at radius 2 is 2.33 bits per heavy atom. The van der Waals surface area contributed by atoms with E-state index in [4.69, 9.17) is 0 Å². The molecule has 3 nitrogen and oxygen atoms in total. The van der Waals surface area contributed by atoms with Gasteiger partial charge in [0.2, 0.25) is 0 Å². The van der Waals surface area contributed by atoms with Crippen molar-refractivity contribution in [3.05, 3.63) is 24.0 Å². The number of nitrogens with zero attached hydrogens (tertiary/aromatic N) is 2. The Labute approximate surface area is 91.5 Å². The third kappa shape index (κ3) is 2.93. The minimum atomic E-state index is 0.577. The van der Waals surface area contributed by atoms with Crippen molar-refractivity contribution in [2.24, 2.45) is 0 Å². The van der Waals surface area contributed by atoms with Gasteiger partial charge in [-0.15, -0.1) is 0 Å². The molecule has 0 radical (unpaired) electrons. The first-order chi connectivity index (χ1) is 7.24. The molecule has 2 heterocycles. The quantitative estimate of drug-likeness (QED) is 0.799. The summed E-state index contributed by atoms with van der Waals surface area (Å²) in [5, 5.41) is 3.53. The molecule has 0 saturated carbocycles. The second-order valence-electron chi connectivity index (χ2n) is 4.43. The van der Waals surface area contributed by atoms with Crippen LogP contribution in [-0.4, -0.2) is 36.1 Å². The topological polar surface area (TPSA) is 28.2 Å². The third-order valence-electron chi connectivity index (χ3n) is 2.91. The average Bonchev–Trinajstić information content (AvgIpc) is 2.22. The van der Waals surface area contributed by atoms with E-state index in [-0.39, 0.29) is 0 Å². The van der Waals surface area contributed by atoms with Gasteiger partial charge in [-0.2, -0.15) is 0 Å². The van der Waals surface area contributed by atoms with Gasteiger partial charge in [-0.05, 0) is 45.5 Å². The van der Waals surface area contributed by atoms with Crippen LogP contribution in [0, 0.1) is 6.92 Å². The van der Waals surface area contributed by atoms with Gasteiger partial charge >= 0.3 is 0 Å². The molecule has 3 heteroatoms. The maximum Gasteiger partial charge on any atom is 0.0529 e. The zero-order chi connectivity index (χ0) is 10.7. The van der Waals surface area contributed by atoms with Crippen LogP contribution in [0.1, 0.15) is 18.5 Å². The molecule has 0 amide bonds. The fourth-order valence-corrected chi connectivity index (χ4v) is 2.07. The maximum atomic E-state index is 4.29.